The number of ether oxygens (including phenoxy) is 1. The molecule has 0 spiro atoms. The Bertz CT molecular complexity index is 1110. The summed E-state index contributed by atoms with van der Waals surface area (Å²) in [5.74, 6) is -2.51. The van der Waals surface area contributed by atoms with Crippen molar-refractivity contribution in [3.05, 3.63) is 52.1 Å². The van der Waals surface area contributed by atoms with E-state index in [1.165, 1.54) is 16.7 Å². The average molecular weight is 426 g/mol. The van der Waals surface area contributed by atoms with E-state index in [4.69, 9.17) is 10.00 Å². The van der Waals surface area contributed by atoms with Crippen molar-refractivity contribution >= 4 is 23.3 Å². The maximum atomic E-state index is 13.5. The minimum absolute atomic E-state index is 0.166. The fraction of sp³-hybridized carbons (Fsp3) is 0.364. The van der Waals surface area contributed by atoms with Gasteiger partial charge in [0, 0.05) is 30.4 Å². The van der Waals surface area contributed by atoms with E-state index in [-0.39, 0.29) is 34.5 Å². The largest absolute Gasteiger partial charge is 0.381 e. The van der Waals surface area contributed by atoms with Crippen LogP contribution in [0.15, 0.2) is 18.2 Å². The molecular formula is C22H23FN4O4. The predicted octanol–water partition coefficient (Wildman–Crippen LogP) is 2.24. The van der Waals surface area contributed by atoms with E-state index >= 15 is 0 Å². The van der Waals surface area contributed by atoms with Gasteiger partial charge in [-0.3, -0.25) is 14.4 Å². The Morgan fingerprint density at radius 1 is 1.29 bits per heavy atom. The van der Waals surface area contributed by atoms with E-state index in [9.17, 15) is 18.8 Å². The van der Waals surface area contributed by atoms with Crippen LogP contribution in [-0.4, -0.2) is 41.4 Å². The van der Waals surface area contributed by atoms with Gasteiger partial charge in [0.1, 0.15) is 17.6 Å². The number of rotatable bonds is 6. The summed E-state index contributed by atoms with van der Waals surface area (Å²) in [6.45, 7) is 6.15. The normalized spacial score (nSPS) is 14.3. The second-order valence-electron chi connectivity index (χ2n) is 7.64. The highest BCUT2D eigenvalue weighted by atomic mass is 19.1. The number of nitrogens with one attached hydrogen (secondary N) is 2. The van der Waals surface area contributed by atoms with Crippen LogP contribution in [0.3, 0.4) is 0 Å². The van der Waals surface area contributed by atoms with Crippen molar-refractivity contribution < 1.29 is 23.5 Å². The summed E-state index contributed by atoms with van der Waals surface area (Å²) in [5, 5.41) is 14.3. The number of hydrogen-bond acceptors (Lipinski definition) is 5. The second-order valence-corrected chi connectivity index (χ2v) is 7.64. The van der Waals surface area contributed by atoms with Crippen LogP contribution >= 0.6 is 0 Å². The van der Waals surface area contributed by atoms with Gasteiger partial charge in [0.15, 0.2) is 0 Å². The lowest BCUT2D eigenvalue weighted by molar-refractivity contribution is -0.119. The molecular weight excluding hydrogens is 403 g/mol. The summed E-state index contributed by atoms with van der Waals surface area (Å²) in [5.41, 5.74) is 1.23. The maximum absolute atomic E-state index is 13.5. The van der Waals surface area contributed by atoms with E-state index in [0.29, 0.717) is 24.5 Å². The van der Waals surface area contributed by atoms with E-state index in [2.05, 4.69) is 10.6 Å². The molecule has 0 saturated carbocycles. The molecule has 3 rings (SSSR count). The molecule has 2 heterocycles. The first kappa shape index (κ1) is 22.2. The Hall–Kier alpha value is -3.51. The molecule has 9 heteroatoms. The average Bonchev–Trinajstić information content (AvgIpc) is 2.89. The Kier molecular flexibility index (Phi) is 6.22. The van der Waals surface area contributed by atoms with Crippen LogP contribution in [-0.2, 0) is 16.6 Å². The van der Waals surface area contributed by atoms with Gasteiger partial charge in [0.25, 0.3) is 17.6 Å². The van der Waals surface area contributed by atoms with Crippen molar-refractivity contribution in [1.82, 2.24) is 9.88 Å². The monoisotopic (exact) mass is 426 g/mol. The number of ketones is 1. The third kappa shape index (κ3) is 4.20. The fourth-order valence-corrected chi connectivity index (χ4v) is 3.56. The van der Waals surface area contributed by atoms with E-state index in [1.807, 2.05) is 6.92 Å². The highest BCUT2D eigenvalue weighted by molar-refractivity contribution is 6.43. The Morgan fingerprint density at radius 2 is 1.97 bits per heavy atom. The number of benzene rings is 1. The lowest BCUT2D eigenvalue weighted by Gasteiger charge is -2.31. The van der Waals surface area contributed by atoms with Crippen molar-refractivity contribution in [1.29, 1.82) is 5.26 Å². The first-order chi connectivity index (χ1) is 14.6. The number of carbonyl (C=O) groups is 3. The highest BCUT2D eigenvalue weighted by Gasteiger charge is 2.32. The van der Waals surface area contributed by atoms with Gasteiger partial charge in [-0.25, -0.2) is 4.39 Å². The van der Waals surface area contributed by atoms with E-state index in [1.54, 1.807) is 27.0 Å². The van der Waals surface area contributed by atoms with Gasteiger partial charge >= 0.3 is 0 Å². The van der Waals surface area contributed by atoms with Crippen molar-refractivity contribution in [3.8, 4) is 6.07 Å². The molecule has 0 unspecified atom stereocenters. The summed E-state index contributed by atoms with van der Waals surface area (Å²) >= 11 is 0. The van der Waals surface area contributed by atoms with Crippen LogP contribution < -0.4 is 10.6 Å². The van der Waals surface area contributed by atoms with Crippen LogP contribution in [0, 0.1) is 36.9 Å². The summed E-state index contributed by atoms with van der Waals surface area (Å²) in [6, 6.07) is 5.16. The fourth-order valence-electron chi connectivity index (χ4n) is 3.56. The standard InChI is InChI=1S/C22H23FN4O4/c1-11-18(20(28)22(30)25-12(2)15-9-31-10-15)13(3)27(4)19(11)21(29)26-16-5-6-17(23)14(7-16)8-24/h5-7,12,15H,9-10H2,1-4H3,(H,25,30)(H,26,29)/t12-/m0/s1. The van der Waals surface area contributed by atoms with Gasteiger partial charge in [-0.05, 0) is 44.5 Å². The first-order valence-electron chi connectivity index (χ1n) is 9.75. The molecule has 0 aliphatic carbocycles. The van der Waals surface area contributed by atoms with Crippen molar-refractivity contribution in [3.63, 3.8) is 0 Å². The molecule has 1 atom stereocenters. The zero-order valence-electron chi connectivity index (χ0n) is 17.7. The number of anilines is 1. The topological polar surface area (TPSA) is 113 Å². The molecule has 8 nitrogen and oxygen atoms in total. The quantitative estimate of drug-likeness (QED) is 0.543. The van der Waals surface area contributed by atoms with Crippen LogP contribution in [0.2, 0.25) is 0 Å². The smallest absolute Gasteiger partial charge is 0.292 e. The second kappa shape index (κ2) is 8.70. The van der Waals surface area contributed by atoms with Crippen LogP contribution in [0.1, 0.15) is 44.6 Å². The van der Waals surface area contributed by atoms with Crippen LogP contribution in [0.25, 0.3) is 0 Å². The molecule has 1 saturated heterocycles. The van der Waals surface area contributed by atoms with Gasteiger partial charge in [-0.1, -0.05) is 0 Å². The van der Waals surface area contributed by atoms with Crippen molar-refractivity contribution in [2.75, 3.05) is 18.5 Å². The number of amides is 2. The number of nitrogens with zero attached hydrogens (tertiary/aromatic N) is 2. The third-order valence-corrected chi connectivity index (χ3v) is 5.65. The summed E-state index contributed by atoms with van der Waals surface area (Å²) in [4.78, 5) is 38.2. The molecule has 1 fully saturated rings. The van der Waals surface area contributed by atoms with Crippen molar-refractivity contribution in [2.24, 2.45) is 13.0 Å². The molecule has 2 amide bonds. The predicted molar refractivity (Wildman–Crippen MR) is 110 cm³/mol. The number of halogens is 1. The SMILES string of the molecule is Cc1c(C(=O)C(=O)N[C@@H](C)C2COC2)c(C)n(C)c1C(=O)Nc1ccc(F)c(C#N)c1. The van der Waals surface area contributed by atoms with Gasteiger partial charge in [0.2, 0.25) is 0 Å². The molecule has 1 aromatic carbocycles. The number of hydrogen-bond donors (Lipinski definition) is 2. The maximum Gasteiger partial charge on any atom is 0.292 e. The molecule has 0 bridgehead atoms. The molecule has 31 heavy (non-hydrogen) atoms. The Morgan fingerprint density at radius 3 is 2.55 bits per heavy atom. The first-order valence-corrected chi connectivity index (χ1v) is 9.75. The number of aromatic nitrogens is 1. The molecule has 0 radical (unpaired) electrons. The molecule has 1 aliphatic heterocycles. The van der Waals surface area contributed by atoms with Gasteiger partial charge < -0.3 is 19.9 Å². The summed E-state index contributed by atoms with van der Waals surface area (Å²) in [7, 11) is 1.62. The van der Waals surface area contributed by atoms with Crippen molar-refractivity contribution in [2.45, 2.75) is 26.8 Å². The lowest BCUT2D eigenvalue weighted by Crippen LogP contribution is -2.48. The zero-order valence-corrected chi connectivity index (χ0v) is 17.7. The number of nitriles is 1. The molecule has 162 valence electrons. The number of carbonyl (C=O) groups excluding carboxylic acids is 3. The molecule has 1 aromatic heterocycles. The van der Waals surface area contributed by atoms with Gasteiger partial charge in [-0.2, -0.15) is 5.26 Å². The zero-order chi connectivity index (χ0) is 22.9. The Balaban J connectivity index is 1.84. The minimum Gasteiger partial charge on any atom is -0.381 e. The molecule has 2 aromatic rings. The Labute approximate surface area is 179 Å². The van der Waals surface area contributed by atoms with E-state index in [0.717, 1.165) is 6.07 Å². The van der Waals surface area contributed by atoms with Gasteiger partial charge in [0.05, 0.1) is 24.3 Å². The summed E-state index contributed by atoms with van der Waals surface area (Å²) < 4.78 is 20.2. The number of Topliss-reactive ketones (excluding diaryl/α,β-unsaturated/α-hetero) is 1. The van der Waals surface area contributed by atoms with Gasteiger partial charge in [-0.15, -0.1) is 0 Å². The minimum atomic E-state index is -0.736. The highest BCUT2D eigenvalue weighted by Crippen LogP contribution is 2.24. The molecule has 1 aliphatic rings. The van der Waals surface area contributed by atoms with Crippen LogP contribution in [0.5, 0.6) is 0 Å². The van der Waals surface area contributed by atoms with Crippen LogP contribution in [0.4, 0.5) is 10.1 Å². The third-order valence-electron chi connectivity index (χ3n) is 5.65. The lowest BCUT2D eigenvalue weighted by atomic mass is 9.99. The molecule has 2 N–H and O–H groups in total. The van der Waals surface area contributed by atoms with E-state index < -0.39 is 23.4 Å². The summed E-state index contributed by atoms with van der Waals surface area (Å²) in [6.07, 6.45) is 0.